The maximum absolute atomic E-state index is 12.9. The fraction of sp³-hybridized carbons (Fsp3) is 0.316. The van der Waals surface area contributed by atoms with Crippen molar-refractivity contribution < 1.29 is 14.3 Å². The number of carbonyl (C=O) groups is 2. The molecule has 0 aromatic carbocycles. The van der Waals surface area contributed by atoms with E-state index in [4.69, 9.17) is 4.74 Å². The van der Waals surface area contributed by atoms with Crippen LogP contribution in [0.25, 0.3) is 11.4 Å². The van der Waals surface area contributed by atoms with Gasteiger partial charge in [-0.2, -0.15) is 0 Å². The lowest BCUT2D eigenvalue weighted by atomic mass is 10.1. The highest BCUT2D eigenvalue weighted by Crippen LogP contribution is 2.27. The number of carbonyl (C=O) groups excluding carboxylic acids is 2. The molecule has 3 heterocycles. The highest BCUT2D eigenvalue weighted by molar-refractivity contribution is 8.00. The molecule has 0 aliphatic rings. The van der Waals surface area contributed by atoms with E-state index in [1.165, 1.54) is 11.8 Å². The molecule has 3 rings (SSSR count). The zero-order valence-electron chi connectivity index (χ0n) is 16.1. The van der Waals surface area contributed by atoms with E-state index in [-0.39, 0.29) is 12.4 Å². The molecule has 3 aromatic rings. The number of ketones is 1. The van der Waals surface area contributed by atoms with Crippen LogP contribution in [0.2, 0.25) is 0 Å². The molecule has 9 heteroatoms. The number of Topliss-reactive ketones (excluding diaryl/α,β-unsaturated/α-hetero) is 1. The summed E-state index contributed by atoms with van der Waals surface area (Å²) < 4.78 is 5.08. The number of pyridine rings is 1. The van der Waals surface area contributed by atoms with Crippen molar-refractivity contribution in [3.63, 3.8) is 0 Å². The van der Waals surface area contributed by atoms with Crippen molar-refractivity contribution in [2.24, 2.45) is 0 Å². The van der Waals surface area contributed by atoms with Crippen LogP contribution >= 0.6 is 11.8 Å². The van der Waals surface area contributed by atoms with Gasteiger partial charge in [-0.25, -0.2) is 9.78 Å². The SMILES string of the molecule is CCOC(=O)c1c(C)[nH]c(C(=O)C(C)Sc2n[nH]c(-c3ccncc3)n2)c1C. The first kappa shape index (κ1) is 19.8. The molecule has 3 aromatic heterocycles. The van der Waals surface area contributed by atoms with E-state index >= 15 is 0 Å². The van der Waals surface area contributed by atoms with Gasteiger partial charge >= 0.3 is 5.97 Å². The van der Waals surface area contributed by atoms with E-state index in [0.717, 1.165) is 5.56 Å². The van der Waals surface area contributed by atoms with E-state index in [9.17, 15) is 9.59 Å². The van der Waals surface area contributed by atoms with Gasteiger partial charge in [0.05, 0.1) is 23.1 Å². The number of hydrogen-bond acceptors (Lipinski definition) is 7. The fourth-order valence-electron chi connectivity index (χ4n) is 2.86. The zero-order chi connectivity index (χ0) is 20.3. The van der Waals surface area contributed by atoms with Gasteiger partial charge in [0.15, 0.2) is 11.6 Å². The van der Waals surface area contributed by atoms with Gasteiger partial charge in [-0.1, -0.05) is 11.8 Å². The first-order valence-electron chi connectivity index (χ1n) is 8.82. The molecule has 0 spiro atoms. The molecule has 0 saturated heterocycles. The Bertz CT molecular complexity index is 996. The normalized spacial score (nSPS) is 12.0. The van der Waals surface area contributed by atoms with Crippen LogP contribution in [0.1, 0.15) is 46.0 Å². The molecule has 0 bridgehead atoms. The van der Waals surface area contributed by atoms with Gasteiger partial charge in [0.1, 0.15) is 0 Å². The molecule has 1 unspecified atom stereocenters. The Morgan fingerprint density at radius 1 is 1.25 bits per heavy atom. The molecular weight excluding hydrogens is 378 g/mol. The highest BCUT2D eigenvalue weighted by atomic mass is 32.2. The van der Waals surface area contributed by atoms with E-state index in [2.05, 4.69) is 25.1 Å². The molecule has 1 atom stereocenters. The minimum absolute atomic E-state index is 0.128. The smallest absolute Gasteiger partial charge is 0.340 e. The van der Waals surface area contributed by atoms with Crippen molar-refractivity contribution in [3.8, 4) is 11.4 Å². The largest absolute Gasteiger partial charge is 0.462 e. The number of aromatic nitrogens is 5. The average Bonchev–Trinajstić information content (AvgIpc) is 3.26. The van der Waals surface area contributed by atoms with Crippen LogP contribution in [0.3, 0.4) is 0 Å². The number of thioether (sulfide) groups is 1. The average molecular weight is 399 g/mol. The second-order valence-corrected chi connectivity index (χ2v) is 7.48. The number of hydrogen-bond donors (Lipinski definition) is 2. The molecule has 0 aliphatic carbocycles. The first-order valence-corrected chi connectivity index (χ1v) is 9.70. The van der Waals surface area contributed by atoms with Gasteiger partial charge in [0.2, 0.25) is 5.16 Å². The number of esters is 1. The molecular formula is C19H21N5O3S. The maximum atomic E-state index is 12.9. The van der Waals surface area contributed by atoms with E-state index in [0.29, 0.717) is 33.5 Å². The topological polar surface area (TPSA) is 114 Å². The second-order valence-electron chi connectivity index (χ2n) is 6.17. The molecule has 0 aliphatic heterocycles. The van der Waals surface area contributed by atoms with Crippen LogP contribution in [-0.4, -0.2) is 48.8 Å². The van der Waals surface area contributed by atoms with Gasteiger partial charge in [0.25, 0.3) is 0 Å². The number of nitrogens with one attached hydrogen (secondary N) is 2. The summed E-state index contributed by atoms with van der Waals surface area (Å²) in [6, 6.07) is 3.65. The van der Waals surface area contributed by atoms with Gasteiger partial charge < -0.3 is 9.72 Å². The fourth-order valence-corrected chi connectivity index (χ4v) is 3.64. The number of aromatic amines is 2. The zero-order valence-corrected chi connectivity index (χ0v) is 16.9. The molecule has 0 fully saturated rings. The highest BCUT2D eigenvalue weighted by Gasteiger charge is 2.27. The van der Waals surface area contributed by atoms with Crippen LogP contribution in [0, 0.1) is 13.8 Å². The van der Waals surface area contributed by atoms with Crippen molar-refractivity contribution in [3.05, 3.63) is 47.0 Å². The molecule has 2 N–H and O–H groups in total. The Morgan fingerprint density at radius 3 is 2.64 bits per heavy atom. The van der Waals surface area contributed by atoms with Crippen LogP contribution in [0.5, 0.6) is 0 Å². The molecule has 0 radical (unpaired) electrons. The maximum Gasteiger partial charge on any atom is 0.340 e. The van der Waals surface area contributed by atoms with Gasteiger partial charge in [0, 0.05) is 23.7 Å². The third-order valence-electron chi connectivity index (χ3n) is 4.23. The lowest BCUT2D eigenvalue weighted by Gasteiger charge is -2.07. The Morgan fingerprint density at radius 2 is 1.96 bits per heavy atom. The third-order valence-corrected chi connectivity index (χ3v) is 5.19. The number of ether oxygens (including phenoxy) is 1. The Labute approximate surface area is 166 Å². The molecule has 0 saturated carbocycles. The van der Waals surface area contributed by atoms with Crippen molar-refractivity contribution in [1.82, 2.24) is 25.1 Å². The minimum atomic E-state index is -0.437. The van der Waals surface area contributed by atoms with Crippen LogP contribution in [-0.2, 0) is 4.74 Å². The van der Waals surface area contributed by atoms with Crippen molar-refractivity contribution in [2.75, 3.05) is 6.61 Å². The summed E-state index contributed by atoms with van der Waals surface area (Å²) in [5, 5.41) is 7.08. The summed E-state index contributed by atoms with van der Waals surface area (Å²) in [7, 11) is 0. The number of rotatable bonds is 7. The lowest BCUT2D eigenvalue weighted by Crippen LogP contribution is -2.16. The predicted molar refractivity (Wildman–Crippen MR) is 105 cm³/mol. The summed E-state index contributed by atoms with van der Waals surface area (Å²) >= 11 is 1.25. The summed E-state index contributed by atoms with van der Waals surface area (Å²) in [6.45, 7) is 7.31. The summed E-state index contributed by atoms with van der Waals surface area (Å²) in [4.78, 5) is 36.5. The van der Waals surface area contributed by atoms with E-state index in [1.54, 1.807) is 40.1 Å². The Kier molecular flexibility index (Phi) is 5.93. The van der Waals surface area contributed by atoms with Crippen LogP contribution < -0.4 is 0 Å². The van der Waals surface area contributed by atoms with Gasteiger partial charge in [-0.05, 0) is 45.4 Å². The van der Waals surface area contributed by atoms with Gasteiger partial charge in [-0.3, -0.25) is 14.9 Å². The minimum Gasteiger partial charge on any atom is -0.462 e. The predicted octanol–water partition coefficient (Wildman–Crippen LogP) is 3.35. The van der Waals surface area contributed by atoms with E-state index < -0.39 is 11.2 Å². The Balaban J connectivity index is 1.76. The van der Waals surface area contributed by atoms with Crippen molar-refractivity contribution in [2.45, 2.75) is 38.1 Å². The summed E-state index contributed by atoms with van der Waals surface area (Å²) in [5.74, 6) is 0.0570. The first-order chi connectivity index (χ1) is 13.4. The monoisotopic (exact) mass is 399 g/mol. The second kappa shape index (κ2) is 8.39. The number of nitrogens with zero attached hydrogens (tertiary/aromatic N) is 3. The van der Waals surface area contributed by atoms with Crippen molar-refractivity contribution in [1.29, 1.82) is 0 Å². The summed E-state index contributed by atoms with van der Waals surface area (Å²) in [5.41, 5.74) is 2.91. The quantitative estimate of drug-likeness (QED) is 0.356. The van der Waals surface area contributed by atoms with Crippen LogP contribution in [0.4, 0.5) is 0 Å². The lowest BCUT2D eigenvalue weighted by molar-refractivity contribution is 0.0525. The standard InChI is InChI=1S/C19H21N5O3S/c1-5-27-18(26)14-10(2)15(21-11(14)3)16(25)12(4)28-19-22-17(23-24-19)13-6-8-20-9-7-13/h6-9,12,21H,5H2,1-4H3,(H,22,23,24). The number of H-pyrrole nitrogens is 2. The molecule has 0 amide bonds. The molecule has 8 nitrogen and oxygen atoms in total. The third kappa shape index (κ3) is 3.99. The summed E-state index contributed by atoms with van der Waals surface area (Å²) in [6.07, 6.45) is 3.35. The van der Waals surface area contributed by atoms with Gasteiger partial charge in [-0.15, -0.1) is 5.10 Å². The van der Waals surface area contributed by atoms with Crippen LogP contribution in [0.15, 0.2) is 29.7 Å². The van der Waals surface area contributed by atoms with Crippen molar-refractivity contribution >= 4 is 23.5 Å². The Hall–Kier alpha value is -2.94. The molecule has 146 valence electrons. The van der Waals surface area contributed by atoms with E-state index in [1.807, 2.05) is 12.1 Å². The number of aryl methyl sites for hydroxylation is 1. The molecule has 28 heavy (non-hydrogen) atoms.